The maximum Gasteiger partial charge on any atom is 0.259 e. The number of imidazole rings is 1. The second kappa shape index (κ2) is 14.0. The summed E-state index contributed by atoms with van der Waals surface area (Å²) in [5, 5.41) is 5.56. The summed E-state index contributed by atoms with van der Waals surface area (Å²) in [4.78, 5) is 26.0. The van der Waals surface area contributed by atoms with Crippen molar-refractivity contribution in [2.45, 2.75) is 75.5 Å². The summed E-state index contributed by atoms with van der Waals surface area (Å²) in [6, 6.07) is 31.6. The zero-order valence-corrected chi connectivity index (χ0v) is 29.9. The molecule has 0 spiro atoms. The van der Waals surface area contributed by atoms with E-state index in [1.54, 1.807) is 28.8 Å². The average molecular weight is 711 g/mol. The van der Waals surface area contributed by atoms with Gasteiger partial charge in [-0.05, 0) is 37.4 Å². The number of hydrogen-bond donors (Lipinski definition) is 1. The molecular weight excluding hydrogens is 671 g/mol. The predicted molar refractivity (Wildman–Crippen MR) is 194 cm³/mol. The monoisotopic (exact) mass is 710 g/mol. The van der Waals surface area contributed by atoms with E-state index in [-0.39, 0.29) is 23.9 Å². The van der Waals surface area contributed by atoms with Gasteiger partial charge in [-0.1, -0.05) is 103 Å². The van der Waals surface area contributed by atoms with Crippen molar-refractivity contribution in [2.75, 3.05) is 11.9 Å². The Morgan fingerprint density at radius 3 is 2.34 bits per heavy atom. The lowest BCUT2D eigenvalue weighted by Crippen LogP contribution is -2.58. The Balaban J connectivity index is 1.02. The molecule has 0 bridgehead atoms. The first kappa shape index (κ1) is 33.3. The van der Waals surface area contributed by atoms with Crippen LogP contribution in [0.15, 0.2) is 104 Å². The van der Waals surface area contributed by atoms with Crippen LogP contribution in [0.5, 0.6) is 0 Å². The molecule has 0 radical (unpaired) electrons. The van der Waals surface area contributed by atoms with Crippen LogP contribution in [0, 0.1) is 0 Å². The van der Waals surface area contributed by atoms with Crippen molar-refractivity contribution in [3.8, 4) is 0 Å². The number of halogens is 1. The summed E-state index contributed by atoms with van der Waals surface area (Å²) in [5.41, 5.74) is 1.19. The highest BCUT2D eigenvalue weighted by Crippen LogP contribution is 2.59. The summed E-state index contributed by atoms with van der Waals surface area (Å²) in [6.07, 6.45) is 1.61. The van der Waals surface area contributed by atoms with Gasteiger partial charge in [0.1, 0.15) is 20.5 Å². The number of ether oxygens (including phenoxy) is 1. The largest absolute Gasteiger partial charge is 0.349 e. The number of nitrogens with one attached hydrogen (secondary N) is 1. The lowest BCUT2D eigenvalue weighted by molar-refractivity contribution is -0.0224. The van der Waals surface area contributed by atoms with Crippen molar-refractivity contribution in [3.63, 3.8) is 0 Å². The van der Waals surface area contributed by atoms with Gasteiger partial charge in [-0.25, -0.2) is 24.0 Å². The molecule has 3 aliphatic heterocycles. The molecule has 10 nitrogen and oxygen atoms in total. The SMILES string of the molecule is CC[C@H]1O[C@@H](n2cnc3c(NC(=O)c4ccccc4)ncnc32)C(F)[C@H]1O[P@]1O[C@@H](C[Si](C)(c2ccccc2)c2ccccc2)[C@H]2CCCN21. The van der Waals surface area contributed by atoms with Crippen molar-refractivity contribution < 1.29 is 23.0 Å². The van der Waals surface area contributed by atoms with E-state index in [1.807, 2.05) is 13.0 Å². The first-order valence-corrected chi connectivity index (χ1v) is 21.1. The molecule has 1 amide bonds. The molecule has 3 aromatic carbocycles. The number of carbonyl (C=O) groups is 1. The molecule has 258 valence electrons. The minimum atomic E-state index is -2.19. The third kappa shape index (κ3) is 6.08. The molecule has 3 saturated heterocycles. The molecule has 7 atom stereocenters. The fourth-order valence-electron chi connectivity index (χ4n) is 7.66. The van der Waals surface area contributed by atoms with Crippen LogP contribution in [0.1, 0.15) is 42.8 Å². The molecule has 1 N–H and O–H groups in total. The molecule has 0 saturated carbocycles. The third-order valence-corrected chi connectivity index (χ3v) is 16.6. The highest BCUT2D eigenvalue weighted by atomic mass is 31.2. The quantitative estimate of drug-likeness (QED) is 0.137. The topological polar surface area (TPSA) is 104 Å². The zero-order chi connectivity index (χ0) is 34.2. The van der Waals surface area contributed by atoms with Crippen LogP contribution in [0.4, 0.5) is 10.2 Å². The second-order valence-corrected chi connectivity index (χ2v) is 19.0. The molecule has 3 fully saturated rings. The van der Waals surface area contributed by atoms with Crippen LogP contribution < -0.4 is 15.7 Å². The molecule has 0 aliphatic carbocycles. The van der Waals surface area contributed by atoms with E-state index < -0.39 is 41.2 Å². The van der Waals surface area contributed by atoms with Gasteiger partial charge in [0, 0.05) is 18.2 Å². The zero-order valence-electron chi connectivity index (χ0n) is 28.0. The Kier molecular flexibility index (Phi) is 9.32. The number of alkyl halides is 1. The Labute approximate surface area is 293 Å². The highest BCUT2D eigenvalue weighted by Gasteiger charge is 2.54. The third-order valence-electron chi connectivity index (χ3n) is 10.3. The Bertz CT molecular complexity index is 1900. The van der Waals surface area contributed by atoms with Gasteiger partial charge >= 0.3 is 0 Å². The summed E-state index contributed by atoms with van der Waals surface area (Å²) < 4.78 is 40.5. The number of nitrogens with zero attached hydrogens (tertiary/aromatic N) is 5. The Morgan fingerprint density at radius 2 is 1.66 bits per heavy atom. The fraction of sp³-hybridized carbons (Fsp3) is 0.351. The first-order chi connectivity index (χ1) is 24.4. The van der Waals surface area contributed by atoms with Crippen LogP contribution in [0.3, 0.4) is 0 Å². The van der Waals surface area contributed by atoms with Gasteiger partial charge in [-0.15, -0.1) is 0 Å². The van der Waals surface area contributed by atoms with E-state index in [0.717, 1.165) is 25.4 Å². The lowest BCUT2D eigenvalue weighted by atomic mass is 10.1. The van der Waals surface area contributed by atoms with Crippen LogP contribution in [0.2, 0.25) is 12.6 Å². The van der Waals surface area contributed by atoms with Gasteiger partial charge in [0.2, 0.25) is 0 Å². The molecule has 5 heterocycles. The Hall–Kier alpha value is -3.90. The van der Waals surface area contributed by atoms with Gasteiger partial charge in [-0.2, -0.15) is 0 Å². The molecule has 8 rings (SSSR count). The minimum Gasteiger partial charge on any atom is -0.349 e. The number of anilines is 1. The number of aromatic nitrogens is 4. The maximum atomic E-state index is 16.7. The predicted octanol–water partition coefficient (Wildman–Crippen LogP) is 6.09. The van der Waals surface area contributed by atoms with Crippen LogP contribution in [-0.4, -0.2) is 75.2 Å². The summed E-state index contributed by atoms with van der Waals surface area (Å²) in [7, 11) is -3.68. The van der Waals surface area contributed by atoms with E-state index in [0.29, 0.717) is 23.1 Å². The van der Waals surface area contributed by atoms with Crippen LogP contribution >= 0.6 is 8.53 Å². The normalized spacial score (nSPS) is 26.7. The Morgan fingerprint density at radius 1 is 0.980 bits per heavy atom. The molecular formula is C37H40FN6O4PSi. The molecule has 1 unspecified atom stereocenters. The number of amides is 1. The van der Waals surface area contributed by atoms with Gasteiger partial charge in [-0.3, -0.25) is 9.36 Å². The van der Waals surface area contributed by atoms with Crippen molar-refractivity contribution in [2.24, 2.45) is 0 Å². The van der Waals surface area contributed by atoms with E-state index in [9.17, 15) is 4.79 Å². The van der Waals surface area contributed by atoms with Crippen molar-refractivity contribution in [1.82, 2.24) is 24.2 Å². The van der Waals surface area contributed by atoms with E-state index in [2.05, 4.69) is 92.1 Å². The first-order valence-electron chi connectivity index (χ1n) is 17.3. The highest BCUT2D eigenvalue weighted by molar-refractivity contribution is 7.45. The number of rotatable bonds is 10. The van der Waals surface area contributed by atoms with Crippen LogP contribution in [-0.2, 0) is 13.8 Å². The van der Waals surface area contributed by atoms with Gasteiger partial charge in [0.25, 0.3) is 14.4 Å². The fourth-order valence-corrected chi connectivity index (χ4v) is 13.6. The van der Waals surface area contributed by atoms with Gasteiger partial charge in [0.15, 0.2) is 29.4 Å². The molecule has 13 heteroatoms. The van der Waals surface area contributed by atoms with Gasteiger partial charge in [0.05, 0.1) is 18.5 Å². The molecule has 2 aromatic heterocycles. The second-order valence-electron chi connectivity index (χ2n) is 13.4. The number of fused-ring (bicyclic) bond motifs is 2. The molecule has 5 aromatic rings. The summed E-state index contributed by atoms with van der Waals surface area (Å²) in [5.74, 6) is -0.0839. The van der Waals surface area contributed by atoms with Crippen molar-refractivity contribution in [1.29, 1.82) is 0 Å². The smallest absolute Gasteiger partial charge is 0.259 e. The van der Waals surface area contributed by atoms with E-state index in [4.69, 9.17) is 13.8 Å². The standard InChI is InChI=1S/C37H40FN6O4PSi/c1-3-29-33(31(38)37(46-29)43-24-41-32-34(39-23-40-35(32)43)42-36(45)25-14-7-4-8-15-25)48-49-44-21-13-20-28(44)30(47-49)22-50(2,26-16-9-5-10-17-26)27-18-11-6-12-19-27/h4-12,14-19,23-24,28-31,33,37H,3,13,20-22H2,1-2H3,(H,39,40,42,45)/t28-,29-,30+,31?,33+,37-,49+/m1/s1. The number of carbonyl (C=O) groups excluding carboxylic acids is 1. The van der Waals surface area contributed by atoms with Gasteiger partial charge < -0.3 is 19.1 Å². The van der Waals surface area contributed by atoms with E-state index >= 15 is 4.39 Å². The molecule has 50 heavy (non-hydrogen) atoms. The van der Waals surface area contributed by atoms with E-state index in [1.165, 1.54) is 23.0 Å². The summed E-state index contributed by atoms with van der Waals surface area (Å²) >= 11 is 0. The lowest BCUT2D eigenvalue weighted by Gasteiger charge is -2.32. The minimum absolute atomic E-state index is 0.0178. The number of benzene rings is 3. The van der Waals surface area contributed by atoms with Crippen molar-refractivity contribution in [3.05, 3.63) is 109 Å². The maximum absolute atomic E-state index is 16.7. The molecule has 3 aliphatic rings. The average Bonchev–Trinajstić information content (AvgIpc) is 3.95. The summed E-state index contributed by atoms with van der Waals surface area (Å²) in [6.45, 7) is 5.27. The van der Waals surface area contributed by atoms with Crippen molar-refractivity contribution >= 4 is 49.9 Å². The van der Waals surface area contributed by atoms with Crippen LogP contribution in [0.25, 0.3) is 11.2 Å². The number of hydrogen-bond acceptors (Lipinski definition) is 8.